The fraction of sp³-hybridized carbons (Fsp3) is 0.800. The van der Waals surface area contributed by atoms with Gasteiger partial charge >= 0.3 is 6.09 Å². The summed E-state index contributed by atoms with van der Waals surface area (Å²) in [5, 5.41) is 6.96. The van der Waals surface area contributed by atoms with E-state index in [1.165, 1.54) is 0 Å². The first-order chi connectivity index (χ1) is 9.83. The number of amides is 1. The second-order valence-corrected chi connectivity index (χ2v) is 7.27. The molecule has 21 heavy (non-hydrogen) atoms. The predicted octanol–water partition coefficient (Wildman–Crippen LogP) is 3.17. The lowest BCUT2D eigenvalue weighted by atomic mass is 10.1. The van der Waals surface area contributed by atoms with Crippen LogP contribution in [-0.2, 0) is 4.74 Å². The van der Waals surface area contributed by atoms with E-state index in [1.807, 2.05) is 20.8 Å². The fourth-order valence-electron chi connectivity index (χ4n) is 2.45. The average Bonchev–Trinajstić information content (AvgIpc) is 3.25. The standard InChI is InChI=1S/C15H23N3O3/c1-8-7-10(8)13-17-12(18-21-13)11(9-5-6-9)16-14(19)20-15(2,3)4/h8-11H,5-7H2,1-4H3,(H,16,19). The molecule has 1 aromatic rings. The van der Waals surface area contributed by atoms with Crippen LogP contribution in [0.15, 0.2) is 4.52 Å². The zero-order chi connectivity index (χ0) is 15.2. The van der Waals surface area contributed by atoms with Gasteiger partial charge in [0.15, 0.2) is 5.82 Å². The number of rotatable bonds is 4. The molecule has 2 aliphatic rings. The SMILES string of the molecule is CC1CC1c1nc(C(NC(=O)OC(C)(C)C)C2CC2)no1. The van der Waals surface area contributed by atoms with Gasteiger partial charge in [0, 0.05) is 5.92 Å². The van der Waals surface area contributed by atoms with Gasteiger partial charge in [-0.05, 0) is 51.9 Å². The Morgan fingerprint density at radius 1 is 1.43 bits per heavy atom. The summed E-state index contributed by atoms with van der Waals surface area (Å²) in [6.07, 6.45) is 2.83. The topological polar surface area (TPSA) is 77.2 Å². The van der Waals surface area contributed by atoms with E-state index in [9.17, 15) is 4.79 Å². The Hall–Kier alpha value is -1.59. The average molecular weight is 293 g/mol. The first-order valence-electron chi connectivity index (χ1n) is 7.66. The van der Waals surface area contributed by atoms with E-state index in [0.717, 1.165) is 19.3 Å². The van der Waals surface area contributed by atoms with Crippen molar-refractivity contribution in [3.05, 3.63) is 11.7 Å². The van der Waals surface area contributed by atoms with Crippen LogP contribution in [-0.4, -0.2) is 21.8 Å². The van der Waals surface area contributed by atoms with Crippen molar-refractivity contribution in [2.75, 3.05) is 0 Å². The summed E-state index contributed by atoms with van der Waals surface area (Å²) in [5.41, 5.74) is -0.510. The number of carbonyl (C=O) groups excluding carboxylic acids is 1. The molecule has 6 heteroatoms. The highest BCUT2D eigenvalue weighted by Gasteiger charge is 2.41. The van der Waals surface area contributed by atoms with Crippen LogP contribution in [0.25, 0.3) is 0 Å². The van der Waals surface area contributed by atoms with Crippen molar-refractivity contribution in [3.8, 4) is 0 Å². The Morgan fingerprint density at radius 3 is 2.62 bits per heavy atom. The van der Waals surface area contributed by atoms with Crippen LogP contribution in [0.4, 0.5) is 4.79 Å². The first-order valence-corrected chi connectivity index (χ1v) is 7.66. The highest BCUT2D eigenvalue weighted by Crippen LogP contribution is 2.47. The quantitative estimate of drug-likeness (QED) is 0.922. The molecule has 1 N–H and O–H groups in total. The van der Waals surface area contributed by atoms with Gasteiger partial charge in [0.2, 0.25) is 5.89 Å². The number of ether oxygens (including phenoxy) is 1. The van der Waals surface area contributed by atoms with Crippen LogP contribution in [0.1, 0.15) is 70.6 Å². The summed E-state index contributed by atoms with van der Waals surface area (Å²) < 4.78 is 10.7. The van der Waals surface area contributed by atoms with Crippen molar-refractivity contribution >= 4 is 6.09 Å². The molecule has 6 nitrogen and oxygen atoms in total. The molecule has 0 aliphatic heterocycles. The van der Waals surface area contributed by atoms with E-state index in [-0.39, 0.29) is 6.04 Å². The summed E-state index contributed by atoms with van der Waals surface area (Å²) in [5.74, 6) is 2.69. The minimum Gasteiger partial charge on any atom is -0.444 e. The van der Waals surface area contributed by atoms with E-state index >= 15 is 0 Å². The summed E-state index contributed by atoms with van der Waals surface area (Å²) in [6, 6.07) is -0.202. The van der Waals surface area contributed by atoms with Gasteiger partial charge < -0.3 is 14.6 Å². The number of hydrogen-bond acceptors (Lipinski definition) is 5. The van der Waals surface area contributed by atoms with Gasteiger partial charge in [0.25, 0.3) is 0 Å². The van der Waals surface area contributed by atoms with Crippen molar-refractivity contribution in [1.82, 2.24) is 15.5 Å². The van der Waals surface area contributed by atoms with E-state index < -0.39 is 11.7 Å². The van der Waals surface area contributed by atoms with E-state index in [4.69, 9.17) is 9.26 Å². The van der Waals surface area contributed by atoms with Crippen LogP contribution in [0, 0.1) is 11.8 Å². The molecule has 2 fully saturated rings. The number of carbonyl (C=O) groups is 1. The van der Waals surface area contributed by atoms with Gasteiger partial charge in [-0.2, -0.15) is 4.98 Å². The van der Waals surface area contributed by atoms with E-state index in [1.54, 1.807) is 0 Å². The molecule has 0 aromatic carbocycles. The molecular formula is C15H23N3O3. The summed E-state index contributed by atoms with van der Waals surface area (Å²) in [4.78, 5) is 16.4. The lowest BCUT2D eigenvalue weighted by Crippen LogP contribution is -2.36. The molecule has 0 radical (unpaired) electrons. The Labute approximate surface area is 124 Å². The molecule has 1 amide bonds. The smallest absolute Gasteiger partial charge is 0.408 e. The zero-order valence-corrected chi connectivity index (χ0v) is 13.0. The largest absolute Gasteiger partial charge is 0.444 e. The highest BCUT2D eigenvalue weighted by atomic mass is 16.6. The van der Waals surface area contributed by atoms with Crippen LogP contribution >= 0.6 is 0 Å². The molecule has 2 aliphatic carbocycles. The third-order valence-electron chi connectivity index (χ3n) is 3.93. The Morgan fingerprint density at radius 2 is 2.10 bits per heavy atom. The maximum Gasteiger partial charge on any atom is 0.408 e. The Bertz CT molecular complexity index is 531. The van der Waals surface area contributed by atoms with Gasteiger partial charge in [-0.1, -0.05) is 12.1 Å². The molecule has 0 bridgehead atoms. The van der Waals surface area contributed by atoms with Crippen LogP contribution in [0.3, 0.4) is 0 Å². The highest BCUT2D eigenvalue weighted by molar-refractivity contribution is 5.68. The minimum atomic E-state index is -0.510. The second kappa shape index (κ2) is 5.00. The van der Waals surface area contributed by atoms with Crippen molar-refractivity contribution < 1.29 is 14.1 Å². The molecule has 116 valence electrons. The van der Waals surface area contributed by atoms with E-state index in [2.05, 4.69) is 22.4 Å². The van der Waals surface area contributed by atoms with Crippen molar-refractivity contribution in [1.29, 1.82) is 0 Å². The molecule has 0 saturated heterocycles. The van der Waals surface area contributed by atoms with Crippen LogP contribution in [0.2, 0.25) is 0 Å². The lowest BCUT2D eigenvalue weighted by molar-refractivity contribution is 0.0494. The monoisotopic (exact) mass is 293 g/mol. The second-order valence-electron chi connectivity index (χ2n) is 7.27. The maximum absolute atomic E-state index is 12.0. The van der Waals surface area contributed by atoms with Crippen molar-refractivity contribution in [2.45, 2.75) is 64.5 Å². The lowest BCUT2D eigenvalue weighted by Gasteiger charge is -2.22. The summed E-state index contributed by atoms with van der Waals surface area (Å²) in [6.45, 7) is 7.71. The number of aromatic nitrogens is 2. The zero-order valence-electron chi connectivity index (χ0n) is 13.0. The number of nitrogens with zero attached hydrogens (tertiary/aromatic N) is 2. The van der Waals surface area contributed by atoms with Gasteiger partial charge in [0.05, 0.1) is 6.04 Å². The third-order valence-corrected chi connectivity index (χ3v) is 3.93. The maximum atomic E-state index is 12.0. The Balaban J connectivity index is 1.67. The minimum absolute atomic E-state index is 0.202. The van der Waals surface area contributed by atoms with E-state index in [0.29, 0.717) is 29.5 Å². The summed E-state index contributed by atoms with van der Waals surface area (Å²) >= 11 is 0. The summed E-state index contributed by atoms with van der Waals surface area (Å²) in [7, 11) is 0. The fourth-order valence-corrected chi connectivity index (χ4v) is 2.45. The van der Waals surface area contributed by atoms with Gasteiger partial charge in [-0.3, -0.25) is 0 Å². The molecule has 2 saturated carbocycles. The number of nitrogens with one attached hydrogen (secondary N) is 1. The first kappa shape index (κ1) is 14.4. The molecule has 0 spiro atoms. The van der Waals surface area contributed by atoms with Crippen LogP contribution in [0.5, 0.6) is 0 Å². The molecule has 1 aromatic heterocycles. The van der Waals surface area contributed by atoms with Gasteiger partial charge in [0.1, 0.15) is 5.60 Å². The van der Waals surface area contributed by atoms with Gasteiger partial charge in [-0.15, -0.1) is 0 Å². The third kappa shape index (κ3) is 3.54. The molecule has 1 heterocycles. The van der Waals surface area contributed by atoms with Crippen molar-refractivity contribution in [3.63, 3.8) is 0 Å². The molecule has 3 atom stereocenters. The number of hydrogen-bond donors (Lipinski definition) is 1. The van der Waals surface area contributed by atoms with Crippen LogP contribution < -0.4 is 5.32 Å². The number of alkyl carbamates (subject to hydrolysis) is 1. The molecular weight excluding hydrogens is 270 g/mol. The Kier molecular flexibility index (Phi) is 3.42. The predicted molar refractivity (Wildman–Crippen MR) is 75.7 cm³/mol. The molecule has 3 unspecified atom stereocenters. The molecule has 3 rings (SSSR count). The van der Waals surface area contributed by atoms with Crippen molar-refractivity contribution in [2.24, 2.45) is 11.8 Å². The normalized spacial score (nSPS) is 26.3. The van der Waals surface area contributed by atoms with Gasteiger partial charge in [-0.25, -0.2) is 4.79 Å².